The molecular weight excluding hydrogens is 601 g/mol. The quantitative estimate of drug-likeness (QED) is 0.252. The number of fused-ring (bicyclic) bond motifs is 2. The molecule has 0 fully saturated rings. The third-order valence-corrected chi connectivity index (χ3v) is 6.31. The van der Waals surface area contributed by atoms with Gasteiger partial charge in [0, 0.05) is 51.8 Å². The minimum absolute atomic E-state index is 0. The van der Waals surface area contributed by atoms with Gasteiger partial charge in [-0.3, -0.25) is 9.98 Å². The molecule has 1 atom stereocenters. The number of hydrogen-bond donors (Lipinski definition) is 0. The SMILES string of the molecule is CC1C(c2cccc(Cc3cccc(-c4nc5ccccc5n4C)n3)n2)=Nc2ccccc21.[Pt]. The first-order valence-electron chi connectivity index (χ1n) is 11.2. The number of imidazole rings is 1. The van der Waals surface area contributed by atoms with Crippen molar-refractivity contribution in [3.63, 3.8) is 0 Å². The number of benzene rings is 2. The largest absolute Gasteiger partial charge is 0.326 e. The summed E-state index contributed by atoms with van der Waals surface area (Å²) in [5, 5.41) is 0. The molecule has 3 aromatic heterocycles. The van der Waals surface area contributed by atoms with Gasteiger partial charge in [-0.1, -0.05) is 49.4 Å². The fourth-order valence-corrected chi connectivity index (χ4v) is 4.59. The summed E-state index contributed by atoms with van der Waals surface area (Å²) < 4.78 is 2.09. The molecule has 6 heteroatoms. The third kappa shape index (κ3) is 3.90. The molecule has 4 heterocycles. The average Bonchev–Trinajstić information content (AvgIpc) is 3.37. The molecule has 0 aliphatic carbocycles. The number of aromatic nitrogens is 4. The van der Waals surface area contributed by atoms with Gasteiger partial charge >= 0.3 is 0 Å². The van der Waals surface area contributed by atoms with Crippen LogP contribution in [0.15, 0.2) is 89.9 Å². The molecular formula is C28H23N5Pt. The zero-order chi connectivity index (χ0) is 22.4. The maximum Gasteiger partial charge on any atom is 0.159 e. The minimum atomic E-state index is 0. The van der Waals surface area contributed by atoms with E-state index < -0.39 is 0 Å². The minimum Gasteiger partial charge on any atom is -0.326 e. The van der Waals surface area contributed by atoms with Crippen LogP contribution in [-0.4, -0.2) is 25.2 Å². The standard InChI is InChI=1S/C28H23N5.Pt/c1-18-21-11-3-4-12-22(21)31-27(18)24-14-7-9-19(29-24)17-20-10-8-15-25(30-20)28-32-23-13-5-6-16-26(23)33(28)2;/h3-16,18H,17H2,1-2H3;. The van der Waals surface area contributed by atoms with E-state index in [9.17, 15) is 0 Å². The van der Waals surface area contributed by atoms with E-state index in [1.165, 1.54) is 5.56 Å². The van der Waals surface area contributed by atoms with E-state index in [0.717, 1.165) is 51.0 Å². The summed E-state index contributed by atoms with van der Waals surface area (Å²) in [7, 11) is 2.03. The number of nitrogens with zero attached hydrogens (tertiary/aromatic N) is 5. The third-order valence-electron chi connectivity index (χ3n) is 6.31. The monoisotopic (exact) mass is 624 g/mol. The molecule has 0 radical (unpaired) electrons. The van der Waals surface area contributed by atoms with Gasteiger partial charge in [0.25, 0.3) is 0 Å². The fraction of sp³-hybridized carbons (Fsp3) is 0.143. The summed E-state index contributed by atoms with van der Waals surface area (Å²) in [6, 6.07) is 28.7. The molecule has 5 nitrogen and oxygen atoms in total. The van der Waals surface area contributed by atoms with Crippen LogP contribution < -0.4 is 0 Å². The molecule has 2 aromatic carbocycles. The molecule has 0 spiro atoms. The van der Waals surface area contributed by atoms with Crippen LogP contribution in [-0.2, 0) is 34.5 Å². The Morgan fingerprint density at radius 1 is 0.735 bits per heavy atom. The van der Waals surface area contributed by atoms with Gasteiger partial charge in [0.15, 0.2) is 5.82 Å². The predicted octanol–water partition coefficient (Wildman–Crippen LogP) is 5.86. The van der Waals surface area contributed by atoms with Crippen molar-refractivity contribution in [1.82, 2.24) is 19.5 Å². The van der Waals surface area contributed by atoms with Crippen LogP contribution in [0.4, 0.5) is 5.69 Å². The molecule has 0 bridgehead atoms. The summed E-state index contributed by atoms with van der Waals surface area (Å²) in [5.41, 5.74) is 9.15. The van der Waals surface area contributed by atoms with Crippen LogP contribution in [0.5, 0.6) is 0 Å². The summed E-state index contributed by atoms with van der Waals surface area (Å²) >= 11 is 0. The Hall–Kier alpha value is -3.43. The number of para-hydroxylation sites is 3. The summed E-state index contributed by atoms with van der Waals surface area (Å²) in [6.07, 6.45) is 0.653. The second kappa shape index (κ2) is 9.07. The first-order chi connectivity index (χ1) is 16.2. The Balaban J connectivity index is 0.00000241. The van der Waals surface area contributed by atoms with E-state index >= 15 is 0 Å². The second-order valence-corrected chi connectivity index (χ2v) is 8.47. The first kappa shape index (κ1) is 22.4. The topological polar surface area (TPSA) is 56.0 Å². The summed E-state index contributed by atoms with van der Waals surface area (Å²) in [4.78, 5) is 19.5. The number of aliphatic imine (C=N–C) groups is 1. The zero-order valence-electron chi connectivity index (χ0n) is 18.9. The molecule has 0 amide bonds. The van der Waals surface area contributed by atoms with Crippen LogP contribution in [0.3, 0.4) is 0 Å². The molecule has 170 valence electrons. The molecule has 0 saturated carbocycles. The zero-order valence-corrected chi connectivity index (χ0v) is 21.2. The van der Waals surface area contributed by atoms with E-state index in [1.54, 1.807) is 0 Å². The van der Waals surface area contributed by atoms with E-state index in [-0.39, 0.29) is 27.0 Å². The normalized spacial score (nSPS) is 14.5. The van der Waals surface area contributed by atoms with E-state index in [1.807, 2.05) is 55.6 Å². The van der Waals surface area contributed by atoms with Crippen LogP contribution in [0, 0.1) is 0 Å². The maximum atomic E-state index is 4.95. The van der Waals surface area contributed by atoms with Gasteiger partial charge < -0.3 is 4.57 Å². The van der Waals surface area contributed by atoms with Gasteiger partial charge in [-0.05, 0) is 48.0 Å². The molecule has 1 aliphatic heterocycles. The van der Waals surface area contributed by atoms with Gasteiger partial charge in [-0.2, -0.15) is 0 Å². The van der Waals surface area contributed by atoms with E-state index in [4.69, 9.17) is 19.9 Å². The van der Waals surface area contributed by atoms with Crippen molar-refractivity contribution in [2.75, 3.05) is 0 Å². The summed E-state index contributed by atoms with van der Waals surface area (Å²) in [5.74, 6) is 1.11. The van der Waals surface area contributed by atoms with Crippen LogP contribution in [0.25, 0.3) is 22.6 Å². The van der Waals surface area contributed by atoms with Crippen molar-refractivity contribution in [2.24, 2.45) is 12.0 Å². The van der Waals surface area contributed by atoms with Crippen molar-refractivity contribution in [1.29, 1.82) is 0 Å². The van der Waals surface area contributed by atoms with Crippen molar-refractivity contribution >= 4 is 22.4 Å². The number of pyridine rings is 2. The number of aryl methyl sites for hydroxylation is 1. The van der Waals surface area contributed by atoms with Gasteiger partial charge in [0.1, 0.15) is 5.69 Å². The van der Waals surface area contributed by atoms with Crippen molar-refractivity contribution in [3.8, 4) is 11.5 Å². The van der Waals surface area contributed by atoms with Crippen molar-refractivity contribution < 1.29 is 21.1 Å². The Morgan fingerprint density at radius 2 is 1.41 bits per heavy atom. The molecule has 1 aliphatic rings. The van der Waals surface area contributed by atoms with E-state index in [2.05, 4.69) is 47.9 Å². The van der Waals surface area contributed by atoms with Crippen molar-refractivity contribution in [2.45, 2.75) is 19.3 Å². The average molecular weight is 625 g/mol. The Morgan fingerprint density at radius 3 is 2.18 bits per heavy atom. The van der Waals surface area contributed by atoms with Crippen molar-refractivity contribution in [3.05, 3.63) is 108 Å². The molecule has 34 heavy (non-hydrogen) atoms. The van der Waals surface area contributed by atoms with Gasteiger partial charge in [0.05, 0.1) is 28.1 Å². The predicted molar refractivity (Wildman–Crippen MR) is 132 cm³/mol. The Labute approximate surface area is 212 Å². The van der Waals surface area contributed by atoms with Gasteiger partial charge in [-0.25, -0.2) is 9.97 Å². The smallest absolute Gasteiger partial charge is 0.159 e. The van der Waals surface area contributed by atoms with Crippen LogP contribution in [0.1, 0.15) is 35.5 Å². The number of rotatable bonds is 4. The molecule has 0 N–H and O–H groups in total. The van der Waals surface area contributed by atoms with E-state index in [0.29, 0.717) is 6.42 Å². The molecule has 0 saturated heterocycles. The molecule has 1 unspecified atom stereocenters. The Bertz CT molecular complexity index is 1540. The summed E-state index contributed by atoms with van der Waals surface area (Å²) in [6.45, 7) is 2.20. The van der Waals surface area contributed by atoms with Crippen LogP contribution in [0.2, 0.25) is 0 Å². The molecule has 6 rings (SSSR count). The Kier molecular flexibility index (Phi) is 5.97. The first-order valence-corrected chi connectivity index (χ1v) is 11.2. The second-order valence-electron chi connectivity index (χ2n) is 8.47. The van der Waals surface area contributed by atoms with Crippen LogP contribution >= 0.6 is 0 Å². The van der Waals surface area contributed by atoms with Gasteiger partial charge in [0.2, 0.25) is 0 Å². The maximum absolute atomic E-state index is 4.95. The molecule has 5 aromatic rings. The van der Waals surface area contributed by atoms with Gasteiger partial charge in [-0.15, -0.1) is 0 Å². The fourth-order valence-electron chi connectivity index (χ4n) is 4.59. The number of hydrogen-bond acceptors (Lipinski definition) is 4.